The first-order chi connectivity index (χ1) is 22.1. The number of nitrogens with one attached hydrogen (secondary N) is 2. The van der Waals surface area contributed by atoms with Gasteiger partial charge >= 0.3 is 0 Å². The number of carbonyl (C=O) groups is 1. The lowest BCUT2D eigenvalue weighted by atomic mass is 9.85. The van der Waals surface area contributed by atoms with E-state index in [0.29, 0.717) is 63.3 Å². The Kier molecular flexibility index (Phi) is 9.39. The van der Waals surface area contributed by atoms with Gasteiger partial charge in [0, 0.05) is 81.0 Å². The second kappa shape index (κ2) is 13.5. The van der Waals surface area contributed by atoms with Crippen molar-refractivity contribution in [1.82, 2.24) is 20.3 Å². The van der Waals surface area contributed by atoms with Crippen molar-refractivity contribution in [3.05, 3.63) is 54.9 Å². The summed E-state index contributed by atoms with van der Waals surface area (Å²) in [7, 11) is -1.54. The van der Waals surface area contributed by atoms with E-state index in [-0.39, 0.29) is 36.1 Å². The lowest BCUT2D eigenvalue weighted by molar-refractivity contribution is -0.118. The fraction of sp³-hybridized carbons (Fsp3) is 0.500. The highest BCUT2D eigenvalue weighted by atomic mass is 32.2. The van der Waals surface area contributed by atoms with Gasteiger partial charge in [-0.3, -0.25) is 4.79 Å². The predicted molar refractivity (Wildman–Crippen MR) is 175 cm³/mol. The molecule has 1 amide bonds. The number of rotatable bonds is 10. The minimum Gasteiger partial charge on any atom is -0.381 e. The molecular weight excluding hydrogens is 613 g/mol. The maximum atomic E-state index is 14.6. The summed E-state index contributed by atoms with van der Waals surface area (Å²) in [6.07, 6.45) is 5.63. The van der Waals surface area contributed by atoms with Crippen LogP contribution in [0.5, 0.6) is 0 Å². The molecule has 2 N–H and O–H groups in total. The van der Waals surface area contributed by atoms with E-state index in [1.54, 1.807) is 12.3 Å². The molecule has 4 atom stereocenters. The number of alkyl halides is 1. The Morgan fingerprint density at radius 2 is 1.98 bits per heavy atom. The third-order valence-electron chi connectivity index (χ3n) is 8.98. The average molecular weight is 654 g/mol. The number of aromatic nitrogens is 3. The van der Waals surface area contributed by atoms with E-state index < -0.39 is 22.1 Å². The molecule has 3 aromatic rings. The van der Waals surface area contributed by atoms with Crippen LogP contribution in [0.15, 0.2) is 49.3 Å². The van der Waals surface area contributed by atoms with Crippen LogP contribution in [-0.2, 0) is 24.1 Å². The maximum Gasteiger partial charge on any atom is 0.243 e. The molecule has 3 fully saturated rings. The summed E-state index contributed by atoms with van der Waals surface area (Å²) in [5.74, 6) is 1.38. The highest BCUT2D eigenvalue weighted by Gasteiger charge is 2.34. The molecule has 0 radical (unpaired) electrons. The molecule has 46 heavy (non-hydrogen) atoms. The molecular formula is C32H40FN7O5S. The molecule has 246 valence electrons. The van der Waals surface area contributed by atoms with Crippen molar-refractivity contribution >= 4 is 49.8 Å². The van der Waals surface area contributed by atoms with Crippen LogP contribution >= 0.6 is 0 Å². The summed E-state index contributed by atoms with van der Waals surface area (Å²) in [4.78, 5) is 30.0. The number of fused-ring (bicyclic) bond motifs is 1. The predicted octanol–water partition coefficient (Wildman–Crippen LogP) is 2.99. The summed E-state index contributed by atoms with van der Waals surface area (Å²) >= 11 is 0. The van der Waals surface area contributed by atoms with Crippen LogP contribution in [0.2, 0.25) is 0 Å². The van der Waals surface area contributed by atoms with E-state index in [4.69, 9.17) is 14.5 Å². The SMILES string of the molecule is C=CC(=O)N[C@H]1CCOC[C@@H]1c1ccc(N2CC(CS(C)(=O)=O)C2)c2cnc(Nc3ccnc(N4CC[C@@H](OC)[C@@H](F)C4)n3)cc12. The van der Waals surface area contributed by atoms with E-state index >= 15 is 0 Å². The van der Waals surface area contributed by atoms with Gasteiger partial charge in [0.15, 0.2) is 0 Å². The van der Waals surface area contributed by atoms with Crippen molar-refractivity contribution in [1.29, 1.82) is 0 Å². The average Bonchev–Trinajstić information content (AvgIpc) is 3.02. The van der Waals surface area contributed by atoms with Gasteiger partial charge in [-0.1, -0.05) is 12.6 Å². The van der Waals surface area contributed by atoms with Gasteiger partial charge in [0.1, 0.15) is 27.6 Å². The molecule has 0 unspecified atom stereocenters. The van der Waals surface area contributed by atoms with E-state index in [2.05, 4.69) is 38.1 Å². The first kappa shape index (κ1) is 32.1. The fourth-order valence-electron chi connectivity index (χ4n) is 6.71. The van der Waals surface area contributed by atoms with Gasteiger partial charge in [0.25, 0.3) is 0 Å². The van der Waals surface area contributed by atoms with Crippen molar-refractivity contribution in [2.24, 2.45) is 5.92 Å². The molecule has 5 heterocycles. The van der Waals surface area contributed by atoms with Crippen LogP contribution in [0.4, 0.5) is 27.7 Å². The summed E-state index contributed by atoms with van der Waals surface area (Å²) < 4.78 is 49.4. The molecule has 0 bridgehead atoms. The number of carbonyl (C=O) groups excluding carboxylic acids is 1. The van der Waals surface area contributed by atoms with Gasteiger partial charge in [0.2, 0.25) is 11.9 Å². The van der Waals surface area contributed by atoms with E-state index in [0.717, 1.165) is 22.0 Å². The van der Waals surface area contributed by atoms with E-state index in [1.807, 2.05) is 23.2 Å². The van der Waals surface area contributed by atoms with Crippen molar-refractivity contribution in [3.8, 4) is 0 Å². The second-order valence-electron chi connectivity index (χ2n) is 12.3. The third-order valence-corrected chi connectivity index (χ3v) is 10.1. The van der Waals surface area contributed by atoms with Gasteiger partial charge in [-0.25, -0.2) is 22.8 Å². The number of piperidine rings is 1. The van der Waals surface area contributed by atoms with Crippen LogP contribution in [0.3, 0.4) is 0 Å². The standard InChI is InChI=1S/C32H40FN7O5S/c1-4-31(41)36-26-9-12-45-18-24(26)21-5-6-27(40-15-20(16-40)19-46(3,42)43)23-14-35-30(13-22(21)23)37-29-7-10-34-32(38-29)39-11-8-28(44-2)25(33)17-39/h4-7,10,13-14,20,24-26,28H,1,8-9,11-12,15-19H2,2-3H3,(H,36,41)(H,34,35,37,38)/t24-,25+,26+,28-/m1/s1. The fourth-order valence-corrected chi connectivity index (χ4v) is 7.77. The number of pyridine rings is 1. The Bertz CT molecular complexity index is 1700. The molecule has 0 aliphatic carbocycles. The van der Waals surface area contributed by atoms with Crippen LogP contribution in [0, 0.1) is 5.92 Å². The number of amides is 1. The number of benzene rings is 1. The Morgan fingerprint density at radius 3 is 2.72 bits per heavy atom. The van der Waals surface area contributed by atoms with Gasteiger partial charge < -0.3 is 29.9 Å². The second-order valence-corrected chi connectivity index (χ2v) is 14.5. The molecule has 12 nitrogen and oxygen atoms in total. The summed E-state index contributed by atoms with van der Waals surface area (Å²) in [6.45, 7) is 6.59. The number of nitrogens with zero attached hydrogens (tertiary/aromatic N) is 5. The Hall–Kier alpha value is -3.88. The zero-order chi connectivity index (χ0) is 32.4. The first-order valence-corrected chi connectivity index (χ1v) is 17.6. The van der Waals surface area contributed by atoms with Crippen molar-refractivity contribution in [2.75, 3.05) is 73.6 Å². The minimum absolute atomic E-state index is 0.0730. The lowest BCUT2D eigenvalue weighted by Crippen LogP contribution is -2.49. The number of ether oxygens (including phenoxy) is 2. The zero-order valence-electron chi connectivity index (χ0n) is 26.1. The highest BCUT2D eigenvalue weighted by Crippen LogP contribution is 2.39. The molecule has 1 aromatic carbocycles. The number of methoxy groups -OCH3 is 1. The topological polar surface area (TPSA) is 139 Å². The van der Waals surface area contributed by atoms with Gasteiger partial charge in [0.05, 0.1) is 25.0 Å². The molecule has 0 saturated carbocycles. The molecule has 0 spiro atoms. The number of hydrogen-bond donors (Lipinski definition) is 2. The Balaban J connectivity index is 1.31. The summed E-state index contributed by atoms with van der Waals surface area (Å²) in [5.41, 5.74) is 1.97. The maximum absolute atomic E-state index is 14.6. The van der Waals surface area contributed by atoms with E-state index in [1.165, 1.54) is 19.4 Å². The minimum atomic E-state index is -3.06. The lowest BCUT2D eigenvalue weighted by Gasteiger charge is -2.41. The van der Waals surface area contributed by atoms with Gasteiger partial charge in [-0.2, -0.15) is 4.98 Å². The molecule has 3 aliphatic rings. The van der Waals surface area contributed by atoms with Crippen molar-refractivity contribution < 1.29 is 27.1 Å². The van der Waals surface area contributed by atoms with Crippen molar-refractivity contribution in [2.45, 2.75) is 37.1 Å². The highest BCUT2D eigenvalue weighted by molar-refractivity contribution is 7.90. The quantitative estimate of drug-likeness (QED) is 0.312. The van der Waals surface area contributed by atoms with E-state index in [9.17, 15) is 17.6 Å². The number of sulfone groups is 1. The largest absolute Gasteiger partial charge is 0.381 e. The van der Waals surface area contributed by atoms with Crippen LogP contribution < -0.4 is 20.4 Å². The van der Waals surface area contributed by atoms with Crippen LogP contribution in [0.25, 0.3) is 10.8 Å². The molecule has 3 saturated heterocycles. The van der Waals surface area contributed by atoms with Gasteiger partial charge in [-0.15, -0.1) is 0 Å². The summed E-state index contributed by atoms with van der Waals surface area (Å²) in [6, 6.07) is 7.67. The molecule has 14 heteroatoms. The summed E-state index contributed by atoms with van der Waals surface area (Å²) in [5, 5.41) is 8.23. The molecule has 2 aromatic heterocycles. The number of anilines is 4. The number of hydrogen-bond acceptors (Lipinski definition) is 11. The molecule has 3 aliphatic heterocycles. The normalized spacial score (nSPS) is 24.0. The van der Waals surface area contributed by atoms with Crippen LogP contribution in [0.1, 0.15) is 24.3 Å². The Morgan fingerprint density at radius 1 is 1.15 bits per heavy atom. The monoisotopic (exact) mass is 653 g/mol. The third kappa shape index (κ3) is 7.08. The first-order valence-electron chi connectivity index (χ1n) is 15.5. The molecule has 6 rings (SSSR count). The number of halogens is 1. The smallest absolute Gasteiger partial charge is 0.243 e. The zero-order valence-corrected chi connectivity index (χ0v) is 26.9. The van der Waals surface area contributed by atoms with Gasteiger partial charge in [-0.05, 0) is 48.1 Å². The Labute approximate surface area is 268 Å². The van der Waals surface area contributed by atoms with Crippen LogP contribution in [-0.4, -0.2) is 106 Å². The van der Waals surface area contributed by atoms with Crippen molar-refractivity contribution in [3.63, 3.8) is 0 Å².